The molecule has 3 aromatic rings. The fourth-order valence-corrected chi connectivity index (χ4v) is 3.65. The number of benzene rings is 2. The smallest absolute Gasteiger partial charge is 0.243 e. The number of nitrogens with one attached hydrogen (secondary N) is 1. The summed E-state index contributed by atoms with van der Waals surface area (Å²) in [7, 11) is 0. The summed E-state index contributed by atoms with van der Waals surface area (Å²) in [5.41, 5.74) is 2.91. The van der Waals surface area contributed by atoms with Gasteiger partial charge in [0.15, 0.2) is 0 Å². The Balaban J connectivity index is 2.05. The normalized spacial score (nSPS) is 12.5. The summed E-state index contributed by atoms with van der Waals surface area (Å²) in [6.45, 7) is 6.98. The van der Waals surface area contributed by atoms with Crippen molar-refractivity contribution in [3.8, 4) is 0 Å². The van der Waals surface area contributed by atoms with E-state index in [4.69, 9.17) is 16.6 Å². The zero-order valence-corrected chi connectivity index (χ0v) is 17.5. The maximum absolute atomic E-state index is 13.1. The fraction of sp³-hybridized carbons (Fsp3) is 0.391. The largest absolute Gasteiger partial charge is 0.354 e. The van der Waals surface area contributed by atoms with Gasteiger partial charge >= 0.3 is 0 Å². The van der Waals surface area contributed by atoms with E-state index in [0.717, 1.165) is 40.3 Å². The molecule has 0 aliphatic carbocycles. The van der Waals surface area contributed by atoms with Gasteiger partial charge in [-0.25, -0.2) is 4.98 Å². The predicted octanol–water partition coefficient (Wildman–Crippen LogP) is 5.39. The van der Waals surface area contributed by atoms with Crippen LogP contribution < -0.4 is 5.32 Å². The van der Waals surface area contributed by atoms with Crippen molar-refractivity contribution in [3.63, 3.8) is 0 Å². The quantitative estimate of drug-likeness (QED) is 0.553. The monoisotopic (exact) mass is 397 g/mol. The SMILES string of the molecule is CCC[C@H](C(=O)NCC(C)C)n1c(Cc2ccccc2Cl)nc2ccccc21. The van der Waals surface area contributed by atoms with Crippen LogP contribution in [0.4, 0.5) is 0 Å². The predicted molar refractivity (Wildman–Crippen MR) is 116 cm³/mol. The Kier molecular flexibility index (Phi) is 6.74. The molecule has 0 aliphatic rings. The van der Waals surface area contributed by atoms with Crippen LogP contribution in [0.15, 0.2) is 48.5 Å². The minimum absolute atomic E-state index is 0.0547. The maximum atomic E-state index is 13.1. The molecule has 28 heavy (non-hydrogen) atoms. The van der Waals surface area contributed by atoms with E-state index in [0.29, 0.717) is 18.9 Å². The molecule has 148 valence electrons. The second kappa shape index (κ2) is 9.24. The van der Waals surface area contributed by atoms with Crippen LogP contribution in [0.5, 0.6) is 0 Å². The van der Waals surface area contributed by atoms with Gasteiger partial charge in [0.05, 0.1) is 11.0 Å². The lowest BCUT2D eigenvalue weighted by Crippen LogP contribution is -2.35. The van der Waals surface area contributed by atoms with E-state index < -0.39 is 0 Å². The molecule has 1 N–H and O–H groups in total. The lowest BCUT2D eigenvalue weighted by Gasteiger charge is -2.22. The van der Waals surface area contributed by atoms with Gasteiger partial charge in [0.2, 0.25) is 5.91 Å². The van der Waals surface area contributed by atoms with E-state index in [1.165, 1.54) is 0 Å². The van der Waals surface area contributed by atoms with E-state index >= 15 is 0 Å². The molecule has 1 aromatic heterocycles. The Bertz CT molecular complexity index is 948. The molecular formula is C23H28ClN3O. The number of hydrogen-bond donors (Lipinski definition) is 1. The summed E-state index contributed by atoms with van der Waals surface area (Å²) in [6, 6.07) is 15.5. The lowest BCUT2D eigenvalue weighted by molar-refractivity contribution is -0.124. The van der Waals surface area contributed by atoms with Gasteiger partial charge in [-0.05, 0) is 36.1 Å². The highest BCUT2D eigenvalue weighted by atomic mass is 35.5. The molecule has 0 saturated heterocycles. The second-order valence-corrected chi connectivity index (χ2v) is 8.01. The van der Waals surface area contributed by atoms with Gasteiger partial charge in [0, 0.05) is 18.0 Å². The van der Waals surface area contributed by atoms with Crippen LogP contribution in [0, 0.1) is 5.92 Å². The van der Waals surface area contributed by atoms with E-state index in [-0.39, 0.29) is 11.9 Å². The van der Waals surface area contributed by atoms with Crippen molar-refractivity contribution in [1.82, 2.24) is 14.9 Å². The molecule has 0 fully saturated rings. The molecule has 4 nitrogen and oxygen atoms in total. The van der Waals surface area contributed by atoms with Crippen LogP contribution in [-0.4, -0.2) is 22.0 Å². The third-order valence-electron chi connectivity index (χ3n) is 4.84. The number of nitrogens with zero attached hydrogens (tertiary/aromatic N) is 2. The van der Waals surface area contributed by atoms with Crippen LogP contribution >= 0.6 is 11.6 Å². The summed E-state index contributed by atoms with van der Waals surface area (Å²) >= 11 is 6.40. The number of rotatable bonds is 8. The highest BCUT2D eigenvalue weighted by molar-refractivity contribution is 6.31. The number of imidazole rings is 1. The van der Waals surface area contributed by atoms with Crippen molar-refractivity contribution >= 4 is 28.5 Å². The van der Waals surface area contributed by atoms with Crippen LogP contribution in [-0.2, 0) is 11.2 Å². The molecule has 0 unspecified atom stereocenters. The van der Waals surface area contributed by atoms with Crippen molar-refractivity contribution < 1.29 is 4.79 Å². The van der Waals surface area contributed by atoms with Gasteiger partial charge in [-0.2, -0.15) is 0 Å². The average molecular weight is 398 g/mol. The van der Waals surface area contributed by atoms with E-state index in [1.54, 1.807) is 0 Å². The highest BCUT2D eigenvalue weighted by Gasteiger charge is 2.25. The number of amides is 1. The number of halogens is 1. The lowest BCUT2D eigenvalue weighted by atomic mass is 10.1. The topological polar surface area (TPSA) is 46.9 Å². The van der Waals surface area contributed by atoms with Crippen LogP contribution in [0.1, 0.15) is 51.0 Å². The van der Waals surface area contributed by atoms with Gasteiger partial charge in [-0.15, -0.1) is 0 Å². The minimum Gasteiger partial charge on any atom is -0.354 e. The van der Waals surface area contributed by atoms with Crippen molar-refractivity contribution in [2.45, 2.75) is 46.1 Å². The van der Waals surface area contributed by atoms with Crippen LogP contribution in [0.25, 0.3) is 11.0 Å². The third kappa shape index (κ3) is 4.56. The first-order chi connectivity index (χ1) is 13.5. The van der Waals surface area contributed by atoms with Gasteiger partial charge in [0.1, 0.15) is 11.9 Å². The van der Waals surface area contributed by atoms with Gasteiger partial charge in [-0.1, -0.05) is 69.1 Å². The zero-order chi connectivity index (χ0) is 20.1. The standard InChI is InChI=1S/C23H28ClN3O/c1-4-9-21(23(28)25-15-16(2)3)27-20-13-8-7-12-19(20)26-22(27)14-17-10-5-6-11-18(17)24/h5-8,10-13,16,21H,4,9,14-15H2,1-3H3,(H,25,28)/t21-/m1/s1. The average Bonchev–Trinajstić information content (AvgIpc) is 3.03. The first-order valence-electron chi connectivity index (χ1n) is 9.98. The molecule has 0 aliphatic heterocycles. The summed E-state index contributed by atoms with van der Waals surface area (Å²) in [5, 5.41) is 3.83. The zero-order valence-electron chi connectivity index (χ0n) is 16.8. The molecule has 1 atom stereocenters. The number of carbonyl (C=O) groups is 1. The number of aromatic nitrogens is 2. The fourth-order valence-electron chi connectivity index (χ4n) is 3.45. The number of fused-ring (bicyclic) bond motifs is 1. The molecule has 0 bridgehead atoms. The Morgan fingerprint density at radius 2 is 1.86 bits per heavy atom. The molecule has 0 saturated carbocycles. The van der Waals surface area contributed by atoms with Gasteiger partial charge in [-0.3, -0.25) is 4.79 Å². The third-order valence-corrected chi connectivity index (χ3v) is 5.20. The highest BCUT2D eigenvalue weighted by Crippen LogP contribution is 2.27. The Morgan fingerprint density at radius 3 is 2.57 bits per heavy atom. The molecule has 1 heterocycles. The summed E-state index contributed by atoms with van der Waals surface area (Å²) in [6.07, 6.45) is 2.27. The number of carbonyl (C=O) groups excluding carboxylic acids is 1. The van der Waals surface area contributed by atoms with Gasteiger partial charge < -0.3 is 9.88 Å². The molecule has 5 heteroatoms. The van der Waals surface area contributed by atoms with Gasteiger partial charge in [0.25, 0.3) is 0 Å². The Morgan fingerprint density at radius 1 is 1.14 bits per heavy atom. The number of hydrogen-bond acceptors (Lipinski definition) is 2. The van der Waals surface area contributed by atoms with Crippen molar-refractivity contribution in [3.05, 3.63) is 64.9 Å². The summed E-state index contributed by atoms with van der Waals surface area (Å²) in [4.78, 5) is 17.9. The van der Waals surface area contributed by atoms with E-state index in [2.05, 4.69) is 30.7 Å². The molecule has 1 amide bonds. The first kappa shape index (κ1) is 20.4. The Hall–Kier alpha value is -2.33. The van der Waals surface area contributed by atoms with E-state index in [9.17, 15) is 4.79 Å². The molecule has 0 radical (unpaired) electrons. The summed E-state index contributed by atoms with van der Waals surface area (Å²) < 4.78 is 2.11. The molecule has 2 aromatic carbocycles. The minimum atomic E-state index is -0.284. The van der Waals surface area contributed by atoms with Crippen molar-refractivity contribution in [2.75, 3.05) is 6.54 Å². The molecule has 3 rings (SSSR count). The molecule has 0 spiro atoms. The van der Waals surface area contributed by atoms with Crippen LogP contribution in [0.2, 0.25) is 5.02 Å². The summed E-state index contributed by atoms with van der Waals surface area (Å²) in [5.74, 6) is 1.33. The maximum Gasteiger partial charge on any atom is 0.243 e. The van der Waals surface area contributed by atoms with Crippen molar-refractivity contribution in [2.24, 2.45) is 5.92 Å². The second-order valence-electron chi connectivity index (χ2n) is 7.60. The number of para-hydroxylation sites is 2. The van der Waals surface area contributed by atoms with Crippen LogP contribution in [0.3, 0.4) is 0 Å². The van der Waals surface area contributed by atoms with Crippen molar-refractivity contribution in [1.29, 1.82) is 0 Å². The van der Waals surface area contributed by atoms with E-state index in [1.807, 2.05) is 48.5 Å². The molecular weight excluding hydrogens is 370 g/mol. The Labute approximate surface area is 171 Å². The first-order valence-corrected chi connectivity index (χ1v) is 10.4.